The Labute approximate surface area is 121 Å². The Hall–Kier alpha value is -2.02. The van der Waals surface area contributed by atoms with E-state index >= 15 is 0 Å². The molecule has 1 aromatic carbocycles. The van der Waals surface area contributed by atoms with Gasteiger partial charge in [0, 0.05) is 18.2 Å². The third-order valence-corrected chi connectivity index (χ3v) is 2.81. The number of amides is 2. The van der Waals surface area contributed by atoms with Crippen LogP contribution in [-0.4, -0.2) is 36.1 Å². The van der Waals surface area contributed by atoms with Crippen molar-refractivity contribution in [1.29, 1.82) is 0 Å². The van der Waals surface area contributed by atoms with E-state index in [1.807, 2.05) is 6.92 Å². The molecule has 1 atom stereocenters. The lowest BCUT2D eigenvalue weighted by atomic mass is 10.2. The van der Waals surface area contributed by atoms with Gasteiger partial charge in [-0.3, -0.25) is 9.59 Å². The van der Waals surface area contributed by atoms with Gasteiger partial charge in [-0.05, 0) is 25.0 Å². The molecular formula is C14H18F2N2O3. The Kier molecular flexibility index (Phi) is 6.74. The molecule has 0 aliphatic heterocycles. The highest BCUT2D eigenvalue weighted by Gasteiger charge is 2.11. The summed E-state index contributed by atoms with van der Waals surface area (Å²) in [6.45, 7) is 1.81. The van der Waals surface area contributed by atoms with E-state index in [0.717, 1.165) is 12.1 Å². The summed E-state index contributed by atoms with van der Waals surface area (Å²) in [5, 5.41) is 14.1. The van der Waals surface area contributed by atoms with Crippen LogP contribution in [0, 0.1) is 11.6 Å². The second kappa shape index (κ2) is 8.31. The number of rotatable bonds is 7. The van der Waals surface area contributed by atoms with Crippen molar-refractivity contribution in [2.75, 3.05) is 13.1 Å². The van der Waals surface area contributed by atoms with Crippen LogP contribution in [0.5, 0.6) is 0 Å². The molecule has 1 rings (SSSR count). The first kappa shape index (κ1) is 17.0. The molecule has 116 valence electrons. The molecule has 0 fully saturated rings. The molecule has 0 radical (unpaired) electrons. The van der Waals surface area contributed by atoms with Crippen LogP contribution in [0.2, 0.25) is 0 Å². The SMILES string of the molecule is CCC(O)CCNC(=O)CNC(=O)c1cc(F)cc(F)c1. The van der Waals surface area contributed by atoms with Gasteiger partial charge in [0.1, 0.15) is 11.6 Å². The van der Waals surface area contributed by atoms with Crippen molar-refractivity contribution in [2.24, 2.45) is 0 Å². The van der Waals surface area contributed by atoms with Crippen LogP contribution in [0.25, 0.3) is 0 Å². The fourth-order valence-corrected chi connectivity index (χ4v) is 1.59. The molecule has 2 amide bonds. The summed E-state index contributed by atoms with van der Waals surface area (Å²) in [6.07, 6.45) is 0.540. The van der Waals surface area contributed by atoms with Gasteiger partial charge >= 0.3 is 0 Å². The van der Waals surface area contributed by atoms with Crippen LogP contribution in [0.1, 0.15) is 30.1 Å². The number of hydrogen-bond donors (Lipinski definition) is 3. The van der Waals surface area contributed by atoms with Crippen LogP contribution >= 0.6 is 0 Å². The molecule has 21 heavy (non-hydrogen) atoms. The van der Waals surface area contributed by atoms with E-state index in [-0.39, 0.29) is 18.7 Å². The highest BCUT2D eigenvalue weighted by atomic mass is 19.1. The van der Waals surface area contributed by atoms with Crippen molar-refractivity contribution in [3.05, 3.63) is 35.4 Å². The zero-order chi connectivity index (χ0) is 15.8. The van der Waals surface area contributed by atoms with Gasteiger partial charge in [-0.2, -0.15) is 0 Å². The standard InChI is InChI=1S/C14H18F2N2O3/c1-2-12(19)3-4-17-13(20)8-18-14(21)9-5-10(15)7-11(16)6-9/h5-7,12,19H,2-4,8H2,1H3,(H,17,20)(H,18,21). The van der Waals surface area contributed by atoms with Crippen molar-refractivity contribution in [1.82, 2.24) is 10.6 Å². The van der Waals surface area contributed by atoms with Gasteiger partial charge < -0.3 is 15.7 Å². The molecular weight excluding hydrogens is 282 g/mol. The molecule has 0 aliphatic rings. The number of carbonyl (C=O) groups is 2. The van der Waals surface area contributed by atoms with Crippen molar-refractivity contribution < 1.29 is 23.5 Å². The Morgan fingerprint density at radius 3 is 2.38 bits per heavy atom. The van der Waals surface area contributed by atoms with E-state index in [9.17, 15) is 23.5 Å². The number of hydrogen-bond acceptors (Lipinski definition) is 3. The summed E-state index contributed by atoms with van der Waals surface area (Å²) in [4.78, 5) is 23.0. The average Bonchev–Trinajstić information content (AvgIpc) is 2.43. The molecule has 1 unspecified atom stereocenters. The number of nitrogens with one attached hydrogen (secondary N) is 2. The Morgan fingerprint density at radius 2 is 1.81 bits per heavy atom. The molecule has 5 nitrogen and oxygen atoms in total. The molecule has 0 aromatic heterocycles. The molecule has 3 N–H and O–H groups in total. The first-order valence-corrected chi connectivity index (χ1v) is 6.61. The third kappa shape index (κ3) is 6.31. The molecule has 0 bridgehead atoms. The fourth-order valence-electron chi connectivity index (χ4n) is 1.59. The van der Waals surface area contributed by atoms with Crippen molar-refractivity contribution in [3.8, 4) is 0 Å². The normalized spacial score (nSPS) is 11.8. The van der Waals surface area contributed by atoms with Gasteiger partial charge in [-0.25, -0.2) is 8.78 Å². The van der Waals surface area contributed by atoms with E-state index in [1.165, 1.54) is 0 Å². The van der Waals surface area contributed by atoms with E-state index in [4.69, 9.17) is 0 Å². The fraction of sp³-hybridized carbons (Fsp3) is 0.429. The molecule has 0 saturated heterocycles. The first-order valence-electron chi connectivity index (χ1n) is 6.61. The third-order valence-electron chi connectivity index (χ3n) is 2.81. The molecule has 0 spiro atoms. The molecule has 0 aliphatic carbocycles. The maximum atomic E-state index is 12.9. The highest BCUT2D eigenvalue weighted by molar-refractivity contribution is 5.96. The number of aliphatic hydroxyl groups excluding tert-OH is 1. The van der Waals surface area contributed by atoms with Crippen molar-refractivity contribution in [2.45, 2.75) is 25.9 Å². The van der Waals surface area contributed by atoms with Gasteiger partial charge in [0.05, 0.1) is 12.6 Å². The maximum Gasteiger partial charge on any atom is 0.251 e. The van der Waals surface area contributed by atoms with Gasteiger partial charge in [0.25, 0.3) is 5.91 Å². The summed E-state index contributed by atoms with van der Waals surface area (Å²) in [7, 11) is 0. The van der Waals surface area contributed by atoms with Gasteiger partial charge in [0.2, 0.25) is 5.91 Å². The monoisotopic (exact) mass is 300 g/mol. The number of aliphatic hydroxyl groups is 1. The number of benzene rings is 1. The Balaban J connectivity index is 2.37. The minimum absolute atomic E-state index is 0.193. The smallest absolute Gasteiger partial charge is 0.251 e. The topological polar surface area (TPSA) is 78.4 Å². The largest absolute Gasteiger partial charge is 0.393 e. The molecule has 0 saturated carbocycles. The van der Waals surface area contributed by atoms with Crippen LogP contribution in [0.4, 0.5) is 8.78 Å². The lowest BCUT2D eigenvalue weighted by molar-refractivity contribution is -0.120. The minimum Gasteiger partial charge on any atom is -0.393 e. The van der Waals surface area contributed by atoms with Gasteiger partial charge in [0.15, 0.2) is 0 Å². The van der Waals surface area contributed by atoms with E-state index in [1.54, 1.807) is 0 Å². The predicted octanol–water partition coefficient (Wildman–Crippen LogP) is 0.972. The quantitative estimate of drug-likeness (QED) is 0.702. The average molecular weight is 300 g/mol. The summed E-state index contributed by atoms with van der Waals surface area (Å²) in [5.74, 6) is -2.91. The zero-order valence-corrected chi connectivity index (χ0v) is 11.7. The molecule has 7 heteroatoms. The highest BCUT2D eigenvalue weighted by Crippen LogP contribution is 2.07. The number of halogens is 2. The second-order valence-electron chi connectivity index (χ2n) is 4.54. The second-order valence-corrected chi connectivity index (χ2v) is 4.54. The zero-order valence-electron chi connectivity index (χ0n) is 11.7. The predicted molar refractivity (Wildman–Crippen MR) is 72.6 cm³/mol. The van der Waals surface area contributed by atoms with E-state index in [0.29, 0.717) is 18.9 Å². The van der Waals surface area contributed by atoms with Crippen LogP contribution < -0.4 is 10.6 Å². The van der Waals surface area contributed by atoms with Gasteiger partial charge in [-0.15, -0.1) is 0 Å². The molecule has 0 heterocycles. The summed E-state index contributed by atoms with van der Waals surface area (Å²) >= 11 is 0. The summed E-state index contributed by atoms with van der Waals surface area (Å²) in [5.41, 5.74) is -0.193. The Bertz CT molecular complexity index is 489. The van der Waals surface area contributed by atoms with Crippen LogP contribution in [0.3, 0.4) is 0 Å². The molecule has 1 aromatic rings. The summed E-state index contributed by atoms with van der Waals surface area (Å²) in [6, 6.07) is 2.42. The van der Waals surface area contributed by atoms with E-state index < -0.39 is 29.6 Å². The van der Waals surface area contributed by atoms with Crippen LogP contribution in [0.15, 0.2) is 18.2 Å². The minimum atomic E-state index is -0.863. The number of carbonyl (C=O) groups excluding carboxylic acids is 2. The van der Waals surface area contributed by atoms with E-state index in [2.05, 4.69) is 10.6 Å². The van der Waals surface area contributed by atoms with Crippen molar-refractivity contribution in [3.63, 3.8) is 0 Å². The van der Waals surface area contributed by atoms with Crippen LogP contribution in [-0.2, 0) is 4.79 Å². The van der Waals surface area contributed by atoms with Gasteiger partial charge in [-0.1, -0.05) is 6.92 Å². The summed E-state index contributed by atoms with van der Waals surface area (Å²) < 4.78 is 25.9. The van der Waals surface area contributed by atoms with Crippen molar-refractivity contribution >= 4 is 11.8 Å². The first-order chi connectivity index (χ1) is 9.92. The lowest BCUT2D eigenvalue weighted by Crippen LogP contribution is -2.38. The maximum absolute atomic E-state index is 12.9. The lowest BCUT2D eigenvalue weighted by Gasteiger charge is -2.09. The Morgan fingerprint density at radius 1 is 1.19 bits per heavy atom.